The van der Waals surface area contributed by atoms with Crippen molar-refractivity contribution >= 4 is 5.97 Å². The highest BCUT2D eigenvalue weighted by atomic mass is 16.5. The normalized spacial score (nSPS) is 12.8. The Morgan fingerprint density at radius 2 is 1.65 bits per heavy atom. The number of nitrogens with zero attached hydrogens (tertiary/aromatic N) is 1. The molecule has 1 unspecified atom stereocenters. The fourth-order valence-corrected chi connectivity index (χ4v) is 3.68. The van der Waals surface area contributed by atoms with Crippen LogP contribution in [0.15, 0.2) is 89.3 Å². The van der Waals surface area contributed by atoms with E-state index in [-0.39, 0.29) is 0 Å². The number of ether oxygens (including phenoxy) is 1. The molecule has 0 fully saturated rings. The number of aryl methyl sites for hydroxylation is 1. The van der Waals surface area contributed by atoms with E-state index >= 15 is 0 Å². The topological polar surface area (TPSA) is 84.6 Å². The monoisotopic (exact) mass is 456 g/mol. The minimum Gasteiger partial charge on any atom is -0.493 e. The maximum absolute atomic E-state index is 11.9. The Morgan fingerprint density at radius 3 is 2.29 bits per heavy atom. The van der Waals surface area contributed by atoms with E-state index in [9.17, 15) is 9.90 Å². The third-order valence-electron chi connectivity index (χ3n) is 5.87. The van der Waals surface area contributed by atoms with E-state index in [0.29, 0.717) is 31.0 Å². The largest absolute Gasteiger partial charge is 0.493 e. The molecule has 1 aromatic heterocycles. The van der Waals surface area contributed by atoms with E-state index in [4.69, 9.17) is 9.15 Å². The fourth-order valence-electron chi connectivity index (χ4n) is 3.68. The van der Waals surface area contributed by atoms with Crippen LogP contribution in [0.3, 0.4) is 0 Å². The summed E-state index contributed by atoms with van der Waals surface area (Å²) in [5.74, 6) is 1.24. The average Bonchev–Trinajstić information content (AvgIpc) is 3.24. The zero-order chi connectivity index (χ0) is 24.0. The Bertz CT molecular complexity index is 1220. The highest BCUT2D eigenvalue weighted by Gasteiger charge is 2.34. The van der Waals surface area contributed by atoms with Gasteiger partial charge in [-0.25, -0.2) is 9.78 Å². The van der Waals surface area contributed by atoms with Crippen molar-refractivity contribution in [2.45, 2.75) is 32.4 Å². The van der Waals surface area contributed by atoms with Crippen molar-refractivity contribution in [3.05, 3.63) is 108 Å². The Hall–Kier alpha value is -3.90. The maximum Gasteiger partial charge on any atom is 0.328 e. The first kappa shape index (κ1) is 23.3. The van der Waals surface area contributed by atoms with Crippen LogP contribution < -0.4 is 10.1 Å². The van der Waals surface area contributed by atoms with Gasteiger partial charge in [0.25, 0.3) is 0 Å². The van der Waals surface area contributed by atoms with Crippen molar-refractivity contribution in [1.29, 1.82) is 0 Å². The zero-order valence-electron chi connectivity index (χ0n) is 19.3. The first-order valence-corrected chi connectivity index (χ1v) is 11.2. The van der Waals surface area contributed by atoms with E-state index in [2.05, 4.69) is 10.3 Å². The van der Waals surface area contributed by atoms with Gasteiger partial charge in [-0.05, 0) is 49.2 Å². The van der Waals surface area contributed by atoms with E-state index in [1.165, 1.54) is 0 Å². The van der Waals surface area contributed by atoms with Gasteiger partial charge in [-0.1, -0.05) is 60.7 Å². The van der Waals surface area contributed by atoms with E-state index in [1.807, 2.05) is 91.9 Å². The lowest BCUT2D eigenvalue weighted by Crippen LogP contribution is -2.46. The second kappa shape index (κ2) is 10.4. The summed E-state index contributed by atoms with van der Waals surface area (Å²) in [6, 6.07) is 26.7. The molecule has 0 spiro atoms. The van der Waals surface area contributed by atoms with E-state index in [0.717, 1.165) is 28.3 Å². The van der Waals surface area contributed by atoms with Crippen LogP contribution in [0, 0.1) is 6.92 Å². The van der Waals surface area contributed by atoms with Gasteiger partial charge in [-0.3, -0.25) is 5.32 Å². The molecule has 0 aliphatic heterocycles. The quantitative estimate of drug-likeness (QED) is 0.334. The molecule has 1 heterocycles. The summed E-state index contributed by atoms with van der Waals surface area (Å²) >= 11 is 0. The molecule has 34 heavy (non-hydrogen) atoms. The molecule has 174 valence electrons. The van der Waals surface area contributed by atoms with Crippen molar-refractivity contribution in [1.82, 2.24) is 10.3 Å². The smallest absolute Gasteiger partial charge is 0.328 e. The number of hydrogen-bond acceptors (Lipinski definition) is 5. The summed E-state index contributed by atoms with van der Waals surface area (Å²) in [4.78, 5) is 16.6. The third-order valence-corrected chi connectivity index (χ3v) is 5.87. The van der Waals surface area contributed by atoms with Crippen molar-refractivity contribution in [3.63, 3.8) is 0 Å². The van der Waals surface area contributed by atoms with Crippen LogP contribution in [0.1, 0.15) is 29.5 Å². The van der Waals surface area contributed by atoms with Crippen LogP contribution in [-0.4, -0.2) is 22.7 Å². The third kappa shape index (κ3) is 5.35. The standard InChI is InChI=1S/C28H28N2O4/c1-20-25(30-26(34-20)22-9-5-3-6-10-22)17-18-33-24-15-13-21(14-16-24)19-29-28(2,27(31)32)23-11-7-4-8-12-23/h3-16,29H,17-19H2,1-2H3,(H,31,32). The molecule has 6 nitrogen and oxygen atoms in total. The molecule has 4 rings (SSSR count). The number of carboxylic acids is 1. The van der Waals surface area contributed by atoms with Crippen LogP contribution in [0.25, 0.3) is 11.5 Å². The summed E-state index contributed by atoms with van der Waals surface area (Å²) < 4.78 is 11.7. The van der Waals surface area contributed by atoms with E-state index in [1.54, 1.807) is 6.92 Å². The molecule has 0 amide bonds. The molecule has 3 aromatic carbocycles. The average molecular weight is 457 g/mol. The molecule has 0 saturated carbocycles. The number of aromatic nitrogens is 1. The number of hydrogen-bond donors (Lipinski definition) is 2. The van der Waals surface area contributed by atoms with Crippen molar-refractivity contribution in [2.24, 2.45) is 0 Å². The van der Waals surface area contributed by atoms with Gasteiger partial charge in [0.1, 0.15) is 17.0 Å². The van der Waals surface area contributed by atoms with Gasteiger partial charge >= 0.3 is 5.97 Å². The molecule has 0 bridgehead atoms. The van der Waals surface area contributed by atoms with Gasteiger partial charge in [0.2, 0.25) is 5.89 Å². The Labute approximate surface area is 199 Å². The van der Waals surface area contributed by atoms with Crippen molar-refractivity contribution in [2.75, 3.05) is 6.61 Å². The number of rotatable bonds is 10. The molecule has 0 saturated heterocycles. The Balaban J connectivity index is 1.31. The number of benzene rings is 3. The fraction of sp³-hybridized carbons (Fsp3) is 0.214. The number of aliphatic carboxylic acids is 1. The molecule has 1 atom stereocenters. The molecular formula is C28H28N2O4. The van der Waals surface area contributed by atoms with Crippen LogP contribution in [0.4, 0.5) is 0 Å². The number of carboxylic acid groups (broad SMARTS) is 1. The summed E-state index contributed by atoms with van der Waals surface area (Å²) in [5.41, 5.74) is 2.34. The van der Waals surface area contributed by atoms with Gasteiger partial charge in [-0.15, -0.1) is 0 Å². The second-order valence-electron chi connectivity index (χ2n) is 8.28. The number of oxazole rings is 1. The minimum absolute atomic E-state index is 0.415. The van der Waals surface area contributed by atoms with E-state index < -0.39 is 11.5 Å². The lowest BCUT2D eigenvalue weighted by Gasteiger charge is -2.27. The maximum atomic E-state index is 11.9. The molecule has 0 aliphatic carbocycles. The summed E-state index contributed by atoms with van der Waals surface area (Å²) in [5, 5.41) is 13.0. The number of carbonyl (C=O) groups is 1. The summed E-state index contributed by atoms with van der Waals surface area (Å²) in [7, 11) is 0. The predicted molar refractivity (Wildman–Crippen MR) is 131 cm³/mol. The first-order valence-electron chi connectivity index (χ1n) is 11.2. The number of nitrogens with one attached hydrogen (secondary N) is 1. The SMILES string of the molecule is Cc1oc(-c2ccccc2)nc1CCOc1ccc(CNC(C)(C(=O)O)c2ccccc2)cc1. The van der Waals surface area contributed by atoms with Crippen LogP contribution in [0.2, 0.25) is 0 Å². The van der Waals surface area contributed by atoms with Crippen LogP contribution in [0.5, 0.6) is 5.75 Å². The predicted octanol–water partition coefficient (Wildman–Crippen LogP) is 5.36. The first-order chi connectivity index (χ1) is 16.5. The summed E-state index contributed by atoms with van der Waals surface area (Å²) in [6.07, 6.45) is 0.638. The van der Waals surface area contributed by atoms with Gasteiger partial charge in [0, 0.05) is 18.5 Å². The molecule has 2 N–H and O–H groups in total. The molecule has 0 aliphatic rings. The van der Waals surface area contributed by atoms with Crippen molar-refractivity contribution in [3.8, 4) is 17.2 Å². The van der Waals surface area contributed by atoms with Gasteiger partial charge < -0.3 is 14.3 Å². The van der Waals surface area contributed by atoms with Crippen molar-refractivity contribution < 1.29 is 19.1 Å². The van der Waals surface area contributed by atoms with Gasteiger partial charge in [0.05, 0.1) is 12.3 Å². The molecule has 0 radical (unpaired) electrons. The lowest BCUT2D eigenvalue weighted by molar-refractivity contribution is -0.144. The second-order valence-corrected chi connectivity index (χ2v) is 8.28. The lowest BCUT2D eigenvalue weighted by atomic mass is 9.92. The van der Waals surface area contributed by atoms with Gasteiger partial charge in [0.15, 0.2) is 0 Å². The molecule has 6 heteroatoms. The highest BCUT2D eigenvalue weighted by molar-refractivity contribution is 5.80. The summed E-state index contributed by atoms with van der Waals surface area (Å²) in [6.45, 7) is 4.48. The highest BCUT2D eigenvalue weighted by Crippen LogP contribution is 2.23. The minimum atomic E-state index is -1.18. The zero-order valence-corrected chi connectivity index (χ0v) is 19.3. The molecular weight excluding hydrogens is 428 g/mol. The van der Waals surface area contributed by atoms with Crippen LogP contribution >= 0.6 is 0 Å². The van der Waals surface area contributed by atoms with Gasteiger partial charge in [-0.2, -0.15) is 0 Å². The molecule has 4 aromatic rings. The Kier molecular flexibility index (Phi) is 7.09. The van der Waals surface area contributed by atoms with Crippen LogP contribution in [-0.2, 0) is 23.3 Å². The Morgan fingerprint density at radius 1 is 1.00 bits per heavy atom.